The summed E-state index contributed by atoms with van der Waals surface area (Å²) in [4.78, 5) is 0. The lowest BCUT2D eigenvalue weighted by Crippen LogP contribution is -2.42. The zero-order valence-electron chi connectivity index (χ0n) is 11.3. The Labute approximate surface area is 100 Å². The molecule has 3 heteroatoms. The van der Waals surface area contributed by atoms with Crippen molar-refractivity contribution in [1.82, 2.24) is 0 Å². The van der Waals surface area contributed by atoms with Crippen LogP contribution in [0.5, 0.6) is 0 Å². The van der Waals surface area contributed by atoms with Gasteiger partial charge in [0.15, 0.2) is 0 Å². The zero-order valence-corrected chi connectivity index (χ0v) is 11.3. The van der Waals surface area contributed by atoms with E-state index in [-0.39, 0.29) is 11.4 Å². The van der Waals surface area contributed by atoms with E-state index in [0.717, 1.165) is 6.61 Å². The summed E-state index contributed by atoms with van der Waals surface area (Å²) < 4.78 is 12.1. The molecule has 2 fully saturated rings. The van der Waals surface area contributed by atoms with Crippen LogP contribution in [0.25, 0.3) is 0 Å². The van der Waals surface area contributed by atoms with Crippen LogP contribution in [-0.4, -0.2) is 32.7 Å². The smallest absolute Gasteiger partial charge is 0.142 e. The summed E-state index contributed by atoms with van der Waals surface area (Å²) in [5.41, 5.74) is 0.281. The lowest BCUT2D eigenvalue weighted by atomic mass is 9.65. The molecule has 92 valence electrons. The Hall–Kier alpha value is -0.0151. The molecule has 16 heavy (non-hydrogen) atoms. The van der Waals surface area contributed by atoms with Crippen molar-refractivity contribution >= 4 is 7.85 Å². The minimum atomic E-state index is 0.272. The van der Waals surface area contributed by atoms with Crippen molar-refractivity contribution in [2.45, 2.75) is 58.7 Å². The summed E-state index contributed by atoms with van der Waals surface area (Å²) >= 11 is 0. The van der Waals surface area contributed by atoms with E-state index in [1.54, 1.807) is 0 Å². The summed E-state index contributed by atoms with van der Waals surface area (Å²) in [6.07, 6.45) is 3.07. The Bertz CT molecular complexity index is 252. The molecule has 2 nitrogen and oxygen atoms in total. The Morgan fingerprint density at radius 2 is 2.00 bits per heavy atom. The molecule has 2 aliphatic rings. The average molecular weight is 224 g/mol. The average Bonchev–Trinajstić information content (AvgIpc) is 2.68. The number of ether oxygens (including phenoxy) is 2. The third-order valence-corrected chi connectivity index (χ3v) is 4.53. The first-order valence-electron chi connectivity index (χ1n) is 6.75. The van der Waals surface area contributed by atoms with E-state index in [1.807, 2.05) is 0 Å². The minimum absolute atomic E-state index is 0.272. The molecule has 2 saturated heterocycles. The predicted molar refractivity (Wildman–Crippen MR) is 68.3 cm³/mol. The van der Waals surface area contributed by atoms with E-state index >= 15 is 0 Å². The van der Waals surface area contributed by atoms with Gasteiger partial charge in [-0.15, -0.1) is 0 Å². The minimum Gasteiger partial charge on any atom is -0.381 e. The first-order valence-corrected chi connectivity index (χ1v) is 6.75. The molecule has 2 heterocycles. The Balaban J connectivity index is 2.24. The second-order valence-electron chi connectivity index (χ2n) is 6.27. The van der Waals surface area contributed by atoms with Gasteiger partial charge in [0.2, 0.25) is 0 Å². The number of hydrogen-bond acceptors (Lipinski definition) is 2. The fourth-order valence-electron chi connectivity index (χ4n) is 3.73. The van der Waals surface area contributed by atoms with E-state index in [2.05, 4.69) is 35.5 Å². The molecule has 0 aromatic carbocycles. The maximum Gasteiger partial charge on any atom is 0.142 e. The third kappa shape index (κ3) is 1.72. The Kier molecular flexibility index (Phi) is 3.38. The van der Waals surface area contributed by atoms with Crippen molar-refractivity contribution < 1.29 is 9.47 Å². The van der Waals surface area contributed by atoms with Gasteiger partial charge in [0, 0.05) is 12.0 Å². The maximum atomic E-state index is 6.18. The predicted octanol–water partition coefficient (Wildman–Crippen LogP) is 1.82. The molecular formula is C13H25BO2. The highest BCUT2D eigenvalue weighted by molar-refractivity contribution is 6.11. The normalized spacial score (nSPS) is 43.2. The highest BCUT2D eigenvalue weighted by Crippen LogP contribution is 2.53. The molecule has 0 bridgehead atoms. The second kappa shape index (κ2) is 4.34. The molecular weight excluding hydrogens is 199 g/mol. The molecule has 0 amide bonds. The van der Waals surface area contributed by atoms with Crippen molar-refractivity contribution in [3.63, 3.8) is 0 Å². The van der Waals surface area contributed by atoms with Gasteiger partial charge in [0.25, 0.3) is 0 Å². The van der Waals surface area contributed by atoms with Gasteiger partial charge >= 0.3 is 0 Å². The van der Waals surface area contributed by atoms with E-state index in [9.17, 15) is 0 Å². The summed E-state index contributed by atoms with van der Waals surface area (Å²) in [5, 5.41) is 0. The van der Waals surface area contributed by atoms with Gasteiger partial charge in [-0.25, -0.2) is 0 Å². The monoisotopic (exact) mass is 224 g/mol. The molecule has 0 radical (unpaired) electrons. The van der Waals surface area contributed by atoms with Crippen LogP contribution in [0.1, 0.15) is 40.5 Å². The van der Waals surface area contributed by atoms with E-state index < -0.39 is 0 Å². The van der Waals surface area contributed by atoms with Gasteiger partial charge < -0.3 is 9.47 Å². The van der Waals surface area contributed by atoms with E-state index in [4.69, 9.17) is 9.47 Å². The van der Waals surface area contributed by atoms with E-state index in [1.165, 1.54) is 12.8 Å². The number of rotatable bonds is 3. The molecule has 1 unspecified atom stereocenters. The van der Waals surface area contributed by atoms with Crippen molar-refractivity contribution in [2.24, 2.45) is 17.3 Å². The van der Waals surface area contributed by atoms with Crippen LogP contribution in [0, 0.1) is 17.3 Å². The number of hydrogen-bond donors (Lipinski definition) is 0. The topological polar surface area (TPSA) is 18.5 Å². The molecule has 0 saturated carbocycles. The summed E-state index contributed by atoms with van der Waals surface area (Å²) in [5.74, 6) is 1.35. The Morgan fingerprint density at radius 3 is 2.56 bits per heavy atom. The Morgan fingerprint density at radius 1 is 1.31 bits per heavy atom. The van der Waals surface area contributed by atoms with Crippen molar-refractivity contribution in [2.75, 3.05) is 6.61 Å². The van der Waals surface area contributed by atoms with Gasteiger partial charge in [-0.1, -0.05) is 27.7 Å². The highest BCUT2D eigenvalue weighted by Gasteiger charge is 2.59. The van der Waals surface area contributed by atoms with Crippen LogP contribution in [0.3, 0.4) is 0 Å². The highest BCUT2D eigenvalue weighted by atomic mass is 16.6. The fourth-order valence-corrected chi connectivity index (χ4v) is 3.73. The van der Waals surface area contributed by atoms with Gasteiger partial charge in [0.05, 0.1) is 18.2 Å². The molecule has 0 spiro atoms. The zero-order chi connectivity index (χ0) is 11.9. The molecule has 0 aromatic rings. The molecule has 2 aliphatic heterocycles. The maximum absolute atomic E-state index is 6.18. The quantitative estimate of drug-likeness (QED) is 0.681. The first-order chi connectivity index (χ1) is 7.48. The largest absolute Gasteiger partial charge is 0.381 e. The first kappa shape index (κ1) is 12.4. The SMILES string of the molecule is B[C@@H]1O[C@H](CC(C)C)[C@@]2(C(C)C)CCOC12. The van der Waals surface area contributed by atoms with Gasteiger partial charge in [-0.05, 0) is 24.7 Å². The van der Waals surface area contributed by atoms with Crippen LogP contribution in [0.15, 0.2) is 0 Å². The van der Waals surface area contributed by atoms with Gasteiger partial charge in [-0.2, -0.15) is 0 Å². The molecule has 2 rings (SSSR count). The molecule has 0 aromatic heterocycles. The molecule has 4 atom stereocenters. The standard InChI is InChI=1S/C13H25BO2/c1-8(2)7-10-13(9(3)4)5-6-15-11(13)12(14)16-10/h8-12H,5-7,14H2,1-4H3/t10-,11?,12-,13+/m1/s1. The fraction of sp³-hybridized carbons (Fsp3) is 1.00. The van der Waals surface area contributed by atoms with Gasteiger partial charge in [0.1, 0.15) is 7.85 Å². The lowest BCUT2D eigenvalue weighted by molar-refractivity contribution is 0.000602. The van der Waals surface area contributed by atoms with Crippen molar-refractivity contribution in [3.05, 3.63) is 0 Å². The molecule has 0 N–H and O–H groups in total. The number of fused-ring (bicyclic) bond motifs is 1. The summed E-state index contributed by atoms with van der Waals surface area (Å²) in [6, 6.07) is 0.272. The lowest BCUT2D eigenvalue weighted by Gasteiger charge is -2.37. The van der Waals surface area contributed by atoms with Crippen LogP contribution in [-0.2, 0) is 9.47 Å². The van der Waals surface area contributed by atoms with Crippen molar-refractivity contribution in [1.29, 1.82) is 0 Å². The third-order valence-electron chi connectivity index (χ3n) is 4.53. The second-order valence-corrected chi connectivity index (χ2v) is 6.27. The molecule has 0 aliphatic carbocycles. The summed E-state index contributed by atoms with van der Waals surface area (Å²) in [6.45, 7) is 10.1. The van der Waals surface area contributed by atoms with E-state index in [0.29, 0.717) is 24.0 Å². The van der Waals surface area contributed by atoms with Crippen LogP contribution >= 0.6 is 0 Å². The van der Waals surface area contributed by atoms with Crippen LogP contribution in [0.2, 0.25) is 0 Å². The van der Waals surface area contributed by atoms with Crippen LogP contribution in [0.4, 0.5) is 0 Å². The van der Waals surface area contributed by atoms with Gasteiger partial charge in [-0.3, -0.25) is 0 Å². The van der Waals surface area contributed by atoms with Crippen LogP contribution < -0.4 is 0 Å². The summed E-state index contributed by atoms with van der Waals surface area (Å²) in [7, 11) is 2.17. The van der Waals surface area contributed by atoms with Crippen molar-refractivity contribution in [3.8, 4) is 0 Å².